The lowest BCUT2D eigenvalue weighted by Gasteiger charge is -2.34. The Balaban J connectivity index is 1.78. The number of hydrogen-bond donors (Lipinski definition) is 0. The lowest BCUT2D eigenvalue weighted by molar-refractivity contribution is -0.160. The van der Waals surface area contributed by atoms with Crippen molar-refractivity contribution in [1.82, 2.24) is 4.90 Å². The molecule has 0 bridgehead atoms. The van der Waals surface area contributed by atoms with Crippen LogP contribution in [0.5, 0.6) is 0 Å². The predicted octanol–water partition coefficient (Wildman–Crippen LogP) is 2.69. The molecular formula is C17H20N2O2. The lowest BCUT2D eigenvalue weighted by atomic mass is 9.79. The summed E-state index contributed by atoms with van der Waals surface area (Å²) in [4.78, 5) is 21.1. The number of rotatable bonds is 2. The number of likely N-dealkylation sites (tertiary alicyclic amines) is 1. The predicted molar refractivity (Wildman–Crippen MR) is 79.8 cm³/mol. The molecule has 21 heavy (non-hydrogen) atoms. The molecule has 1 aliphatic carbocycles. The molecule has 4 nitrogen and oxygen atoms in total. The molecule has 1 aromatic carbocycles. The van der Waals surface area contributed by atoms with E-state index in [2.05, 4.69) is 5.16 Å². The van der Waals surface area contributed by atoms with Crippen molar-refractivity contribution in [3.63, 3.8) is 0 Å². The molecule has 1 amide bonds. The maximum atomic E-state index is 13.2. The molecule has 2 heterocycles. The molecule has 0 radical (unpaired) electrons. The minimum Gasteiger partial charge on any atom is -0.374 e. The van der Waals surface area contributed by atoms with Gasteiger partial charge in [-0.2, -0.15) is 0 Å². The number of carbonyl (C=O) groups is 1. The zero-order valence-electron chi connectivity index (χ0n) is 12.1. The van der Waals surface area contributed by atoms with Crippen LogP contribution in [0, 0.1) is 5.92 Å². The van der Waals surface area contributed by atoms with Gasteiger partial charge in [-0.1, -0.05) is 35.5 Å². The molecule has 0 N–H and O–H groups in total. The first-order chi connectivity index (χ1) is 10.3. The molecular weight excluding hydrogens is 264 g/mol. The van der Waals surface area contributed by atoms with Crippen LogP contribution in [0.1, 0.15) is 37.7 Å². The van der Waals surface area contributed by atoms with Crippen LogP contribution in [0.2, 0.25) is 0 Å². The molecule has 0 spiro atoms. The summed E-state index contributed by atoms with van der Waals surface area (Å²) in [6.45, 7) is 1.69. The third kappa shape index (κ3) is 1.81. The van der Waals surface area contributed by atoms with Gasteiger partial charge in [0.05, 0.1) is 11.6 Å². The normalized spacial score (nSPS) is 31.0. The SMILES string of the molecule is O=C(N1CCCC1)C1(c2ccccc2)ON=C2CCCC21. The highest BCUT2D eigenvalue weighted by Crippen LogP contribution is 2.47. The fourth-order valence-electron chi connectivity index (χ4n) is 3.98. The number of benzene rings is 1. The number of nitrogens with zero attached hydrogens (tertiary/aromatic N) is 2. The van der Waals surface area contributed by atoms with Gasteiger partial charge in [0.1, 0.15) is 0 Å². The van der Waals surface area contributed by atoms with E-state index >= 15 is 0 Å². The Bertz CT molecular complexity index is 578. The van der Waals surface area contributed by atoms with Gasteiger partial charge in [-0.05, 0) is 32.1 Å². The smallest absolute Gasteiger partial charge is 0.275 e. The zero-order chi connectivity index (χ0) is 14.3. The molecule has 4 rings (SSSR count). The van der Waals surface area contributed by atoms with Crippen molar-refractivity contribution in [3.8, 4) is 0 Å². The van der Waals surface area contributed by atoms with Gasteiger partial charge in [0.2, 0.25) is 5.60 Å². The quantitative estimate of drug-likeness (QED) is 0.838. The first kappa shape index (κ1) is 12.9. The van der Waals surface area contributed by atoms with Gasteiger partial charge in [0.25, 0.3) is 5.91 Å². The van der Waals surface area contributed by atoms with Gasteiger partial charge >= 0.3 is 0 Å². The minimum atomic E-state index is -0.905. The molecule has 4 heteroatoms. The van der Waals surface area contributed by atoms with Crippen molar-refractivity contribution >= 4 is 11.6 Å². The monoisotopic (exact) mass is 284 g/mol. The van der Waals surface area contributed by atoms with Crippen molar-refractivity contribution in [2.24, 2.45) is 11.1 Å². The molecule has 2 atom stereocenters. The van der Waals surface area contributed by atoms with Crippen molar-refractivity contribution in [1.29, 1.82) is 0 Å². The molecule has 1 saturated carbocycles. The summed E-state index contributed by atoms with van der Waals surface area (Å²) in [7, 11) is 0. The largest absolute Gasteiger partial charge is 0.374 e. The van der Waals surface area contributed by atoms with E-state index in [1.54, 1.807) is 0 Å². The second-order valence-corrected chi connectivity index (χ2v) is 6.22. The summed E-state index contributed by atoms with van der Waals surface area (Å²) in [5.41, 5.74) is 1.12. The van der Waals surface area contributed by atoms with E-state index in [9.17, 15) is 4.79 Å². The van der Waals surface area contributed by atoms with Crippen LogP contribution in [0.3, 0.4) is 0 Å². The maximum Gasteiger partial charge on any atom is 0.275 e. The second kappa shape index (κ2) is 4.86. The summed E-state index contributed by atoms with van der Waals surface area (Å²) in [5, 5.41) is 4.29. The highest BCUT2D eigenvalue weighted by Gasteiger charge is 2.58. The highest BCUT2D eigenvalue weighted by molar-refractivity contribution is 5.99. The fraction of sp³-hybridized carbons (Fsp3) is 0.529. The number of hydrogen-bond acceptors (Lipinski definition) is 3. The van der Waals surface area contributed by atoms with Gasteiger partial charge in [-0.3, -0.25) is 4.79 Å². The maximum absolute atomic E-state index is 13.2. The minimum absolute atomic E-state index is 0.108. The van der Waals surface area contributed by atoms with Gasteiger partial charge in [-0.25, -0.2) is 0 Å². The Kier molecular flexibility index (Phi) is 2.98. The molecule has 0 aromatic heterocycles. The van der Waals surface area contributed by atoms with Gasteiger partial charge in [0.15, 0.2) is 0 Å². The number of oxime groups is 1. The van der Waals surface area contributed by atoms with E-state index in [1.807, 2.05) is 35.2 Å². The number of carbonyl (C=O) groups excluding carboxylic acids is 1. The van der Waals surface area contributed by atoms with Gasteiger partial charge in [0, 0.05) is 18.7 Å². The van der Waals surface area contributed by atoms with E-state index in [1.165, 1.54) is 0 Å². The average Bonchev–Trinajstić information content (AvgIpc) is 3.25. The standard InChI is InChI=1S/C17H20N2O2/c20-16(19-11-4-5-12-19)17(13-7-2-1-3-8-13)14-9-6-10-15(14)18-21-17/h1-3,7-8,14H,4-6,9-12H2. The molecule has 1 saturated heterocycles. The van der Waals surface area contributed by atoms with Crippen LogP contribution >= 0.6 is 0 Å². The second-order valence-electron chi connectivity index (χ2n) is 6.22. The molecule has 2 fully saturated rings. The zero-order valence-corrected chi connectivity index (χ0v) is 12.1. The van der Waals surface area contributed by atoms with Crippen LogP contribution in [-0.4, -0.2) is 29.6 Å². The molecule has 3 aliphatic rings. The Morgan fingerprint density at radius 2 is 1.95 bits per heavy atom. The van der Waals surface area contributed by atoms with E-state index < -0.39 is 5.60 Å². The van der Waals surface area contributed by atoms with E-state index in [4.69, 9.17) is 4.84 Å². The molecule has 1 aromatic rings. The van der Waals surface area contributed by atoms with Crippen molar-refractivity contribution in [3.05, 3.63) is 35.9 Å². The third-order valence-electron chi connectivity index (χ3n) is 5.04. The summed E-state index contributed by atoms with van der Waals surface area (Å²) >= 11 is 0. The third-order valence-corrected chi connectivity index (χ3v) is 5.04. The Morgan fingerprint density at radius 3 is 2.71 bits per heavy atom. The summed E-state index contributed by atoms with van der Waals surface area (Å²) in [6, 6.07) is 9.94. The molecule has 2 aliphatic heterocycles. The average molecular weight is 284 g/mol. The van der Waals surface area contributed by atoms with Crippen LogP contribution in [0.4, 0.5) is 0 Å². The lowest BCUT2D eigenvalue weighted by Crippen LogP contribution is -2.50. The number of amides is 1. The van der Waals surface area contributed by atoms with Gasteiger partial charge < -0.3 is 9.74 Å². The van der Waals surface area contributed by atoms with Crippen LogP contribution in [0.25, 0.3) is 0 Å². The summed E-state index contributed by atoms with van der Waals surface area (Å²) < 4.78 is 0. The van der Waals surface area contributed by atoms with E-state index in [0.29, 0.717) is 0 Å². The van der Waals surface area contributed by atoms with Crippen LogP contribution in [0.15, 0.2) is 35.5 Å². The van der Waals surface area contributed by atoms with Crippen molar-refractivity contribution in [2.75, 3.05) is 13.1 Å². The van der Waals surface area contributed by atoms with Gasteiger partial charge in [-0.15, -0.1) is 0 Å². The Morgan fingerprint density at radius 1 is 1.19 bits per heavy atom. The summed E-state index contributed by atoms with van der Waals surface area (Å²) in [6.07, 6.45) is 5.25. The Labute approximate surface area is 124 Å². The van der Waals surface area contributed by atoms with Crippen molar-refractivity contribution < 1.29 is 9.63 Å². The fourth-order valence-corrected chi connectivity index (χ4v) is 3.98. The van der Waals surface area contributed by atoms with Crippen LogP contribution in [-0.2, 0) is 15.2 Å². The molecule has 110 valence electrons. The Hall–Kier alpha value is -1.84. The first-order valence-electron chi connectivity index (χ1n) is 7.92. The highest BCUT2D eigenvalue weighted by atomic mass is 16.7. The number of fused-ring (bicyclic) bond motifs is 1. The van der Waals surface area contributed by atoms with Crippen molar-refractivity contribution in [2.45, 2.75) is 37.7 Å². The van der Waals surface area contributed by atoms with E-state index in [0.717, 1.165) is 56.5 Å². The first-order valence-corrected chi connectivity index (χ1v) is 7.92. The van der Waals surface area contributed by atoms with E-state index in [-0.39, 0.29) is 11.8 Å². The van der Waals surface area contributed by atoms with Crippen LogP contribution < -0.4 is 0 Å². The molecule has 2 unspecified atom stereocenters. The topological polar surface area (TPSA) is 41.9 Å². The summed E-state index contributed by atoms with van der Waals surface area (Å²) in [5.74, 6) is 0.227.